The molecule has 1 atom stereocenters. The summed E-state index contributed by atoms with van der Waals surface area (Å²) in [5.41, 5.74) is 2.69. The summed E-state index contributed by atoms with van der Waals surface area (Å²) >= 11 is 0. The van der Waals surface area contributed by atoms with E-state index in [9.17, 15) is 9.59 Å². The summed E-state index contributed by atoms with van der Waals surface area (Å²) < 4.78 is 13.0. The van der Waals surface area contributed by atoms with Crippen molar-refractivity contribution in [3.05, 3.63) is 35.9 Å². The van der Waals surface area contributed by atoms with Gasteiger partial charge in [0.25, 0.3) is 0 Å². The van der Waals surface area contributed by atoms with Gasteiger partial charge in [-0.3, -0.25) is 4.90 Å². The SMILES string of the molecule is CCOc1cc2nc(C)nn2cc1NC(=O)N1CCc2c(N3CCN(C(=O)OC(C)(C)C)[C@@H](C)C3)ccnc21. The molecule has 1 saturated heterocycles. The van der Waals surface area contributed by atoms with Crippen molar-refractivity contribution in [1.29, 1.82) is 0 Å². The number of hydrogen-bond donors (Lipinski definition) is 1. The Hall–Kier alpha value is -4.09. The predicted octanol–water partition coefficient (Wildman–Crippen LogP) is 3.87. The topological polar surface area (TPSA) is 117 Å². The number of carbonyl (C=O) groups excluding carboxylic acids is 2. The van der Waals surface area contributed by atoms with Crippen LogP contribution in [0, 0.1) is 6.92 Å². The number of urea groups is 1. The van der Waals surface area contributed by atoms with Crippen LogP contribution in [-0.4, -0.2) is 81.0 Å². The van der Waals surface area contributed by atoms with Crippen LogP contribution in [0.2, 0.25) is 0 Å². The first-order valence-corrected chi connectivity index (χ1v) is 13.3. The van der Waals surface area contributed by atoms with Gasteiger partial charge < -0.3 is 24.6 Å². The molecule has 0 bridgehead atoms. The Labute approximate surface area is 227 Å². The number of anilines is 3. The highest BCUT2D eigenvalue weighted by Gasteiger charge is 2.34. The summed E-state index contributed by atoms with van der Waals surface area (Å²) in [6.07, 6.45) is 3.85. The molecule has 12 nitrogen and oxygen atoms in total. The highest BCUT2D eigenvalue weighted by Crippen LogP contribution is 2.36. The average molecular weight is 537 g/mol. The Morgan fingerprint density at radius 1 is 1.21 bits per heavy atom. The van der Waals surface area contributed by atoms with Crippen LogP contribution in [-0.2, 0) is 11.2 Å². The molecular formula is C27H36N8O4. The molecule has 3 aromatic rings. The molecule has 3 aromatic heterocycles. The molecule has 0 unspecified atom stereocenters. The fourth-order valence-corrected chi connectivity index (χ4v) is 5.11. The summed E-state index contributed by atoms with van der Waals surface area (Å²) in [5.74, 6) is 1.80. The van der Waals surface area contributed by atoms with Crippen molar-refractivity contribution in [3.63, 3.8) is 0 Å². The molecular weight excluding hydrogens is 500 g/mol. The van der Waals surface area contributed by atoms with Crippen LogP contribution in [0.3, 0.4) is 0 Å². The molecule has 12 heteroatoms. The van der Waals surface area contributed by atoms with Crippen LogP contribution in [0.1, 0.15) is 46.0 Å². The van der Waals surface area contributed by atoms with Gasteiger partial charge >= 0.3 is 12.1 Å². The molecule has 1 N–H and O–H groups in total. The van der Waals surface area contributed by atoms with Crippen molar-refractivity contribution in [3.8, 4) is 5.75 Å². The van der Waals surface area contributed by atoms with Crippen molar-refractivity contribution < 1.29 is 19.1 Å². The largest absolute Gasteiger partial charge is 0.491 e. The number of nitrogens with one attached hydrogen (secondary N) is 1. The lowest BCUT2D eigenvalue weighted by molar-refractivity contribution is 0.0159. The second kappa shape index (κ2) is 10.2. The highest BCUT2D eigenvalue weighted by atomic mass is 16.6. The van der Waals surface area contributed by atoms with Gasteiger partial charge in [-0.05, 0) is 54.0 Å². The van der Waals surface area contributed by atoms with Gasteiger partial charge in [0, 0.05) is 55.7 Å². The van der Waals surface area contributed by atoms with E-state index in [2.05, 4.69) is 25.3 Å². The lowest BCUT2D eigenvalue weighted by Gasteiger charge is -2.41. The normalized spacial score (nSPS) is 17.4. The first-order chi connectivity index (χ1) is 18.5. The molecule has 0 aromatic carbocycles. The monoisotopic (exact) mass is 536 g/mol. The lowest BCUT2D eigenvalue weighted by Crippen LogP contribution is -2.55. The number of pyridine rings is 2. The molecule has 208 valence electrons. The fourth-order valence-electron chi connectivity index (χ4n) is 5.11. The molecule has 5 heterocycles. The molecule has 0 aliphatic carbocycles. The van der Waals surface area contributed by atoms with Crippen LogP contribution in [0.5, 0.6) is 5.75 Å². The summed E-state index contributed by atoms with van der Waals surface area (Å²) in [6, 6.07) is 3.44. The number of aromatic nitrogens is 4. The van der Waals surface area contributed by atoms with Crippen molar-refractivity contribution in [1.82, 2.24) is 24.5 Å². The number of hydrogen-bond acceptors (Lipinski definition) is 8. The third-order valence-corrected chi connectivity index (χ3v) is 6.77. The maximum Gasteiger partial charge on any atom is 0.410 e. The molecule has 1 fully saturated rings. The number of nitrogens with zero attached hydrogens (tertiary/aromatic N) is 7. The Balaban J connectivity index is 1.33. The molecule has 0 saturated carbocycles. The summed E-state index contributed by atoms with van der Waals surface area (Å²) in [6.45, 7) is 14.2. The van der Waals surface area contributed by atoms with Crippen LogP contribution in [0.15, 0.2) is 24.5 Å². The molecule has 0 spiro atoms. The number of carbonyl (C=O) groups is 2. The van der Waals surface area contributed by atoms with Gasteiger partial charge in [0.05, 0.1) is 12.8 Å². The standard InChI is InChI=1S/C27H36N8O4/c1-7-38-22-14-23-29-18(3)31-35(23)16-20(22)30-25(36)34-11-9-19-21(8-10-28-24(19)34)32-12-13-33(17(2)15-32)26(37)39-27(4,5)6/h8,10,14,16-17H,7,9,11-13,15H2,1-6H3,(H,30,36)/t17-/m0/s1. The second-order valence-electron chi connectivity index (χ2n) is 10.9. The third kappa shape index (κ3) is 5.41. The zero-order chi connectivity index (χ0) is 27.9. The van der Waals surface area contributed by atoms with Crippen LogP contribution < -0.4 is 19.9 Å². The zero-order valence-electron chi connectivity index (χ0n) is 23.4. The molecule has 2 aliphatic rings. The van der Waals surface area contributed by atoms with Gasteiger partial charge in [-0.15, -0.1) is 0 Å². The van der Waals surface area contributed by atoms with Gasteiger partial charge in [-0.25, -0.2) is 24.1 Å². The maximum atomic E-state index is 13.4. The predicted molar refractivity (Wildman–Crippen MR) is 148 cm³/mol. The number of fused-ring (bicyclic) bond motifs is 2. The minimum absolute atomic E-state index is 0.0226. The minimum Gasteiger partial charge on any atom is -0.491 e. The first-order valence-electron chi connectivity index (χ1n) is 13.3. The Morgan fingerprint density at radius 3 is 2.72 bits per heavy atom. The molecule has 0 radical (unpaired) electrons. The zero-order valence-corrected chi connectivity index (χ0v) is 23.4. The van der Waals surface area contributed by atoms with Crippen LogP contribution in [0.25, 0.3) is 5.65 Å². The van der Waals surface area contributed by atoms with Gasteiger partial charge in [0.1, 0.15) is 28.7 Å². The molecule has 3 amide bonds. The minimum atomic E-state index is -0.534. The highest BCUT2D eigenvalue weighted by molar-refractivity contribution is 6.03. The third-order valence-electron chi connectivity index (χ3n) is 6.77. The first kappa shape index (κ1) is 26.5. The smallest absolute Gasteiger partial charge is 0.410 e. The van der Waals surface area contributed by atoms with Gasteiger partial charge in [-0.1, -0.05) is 0 Å². The fraction of sp³-hybridized carbons (Fsp3) is 0.519. The van der Waals surface area contributed by atoms with Crippen LogP contribution in [0.4, 0.5) is 26.8 Å². The van der Waals surface area contributed by atoms with E-state index in [-0.39, 0.29) is 18.2 Å². The average Bonchev–Trinajstić information content (AvgIpc) is 3.45. The van der Waals surface area contributed by atoms with Crippen molar-refractivity contribution in [2.75, 3.05) is 47.9 Å². The summed E-state index contributed by atoms with van der Waals surface area (Å²) in [5, 5.41) is 7.34. The summed E-state index contributed by atoms with van der Waals surface area (Å²) in [4.78, 5) is 40.8. The van der Waals surface area contributed by atoms with E-state index in [1.165, 1.54) is 0 Å². The molecule has 5 rings (SSSR count). The second-order valence-corrected chi connectivity index (χ2v) is 10.9. The Kier molecular flexibility index (Phi) is 6.96. The van der Waals surface area contributed by atoms with Crippen molar-refractivity contribution in [2.45, 2.75) is 59.6 Å². The number of aryl methyl sites for hydroxylation is 1. The van der Waals surface area contributed by atoms with Crippen LogP contribution >= 0.6 is 0 Å². The van der Waals surface area contributed by atoms with E-state index in [0.717, 1.165) is 11.3 Å². The van der Waals surface area contributed by atoms with E-state index < -0.39 is 5.60 Å². The quantitative estimate of drug-likeness (QED) is 0.534. The number of rotatable bonds is 4. The van der Waals surface area contributed by atoms with Crippen molar-refractivity contribution >= 4 is 35.0 Å². The van der Waals surface area contributed by atoms with E-state index >= 15 is 0 Å². The van der Waals surface area contributed by atoms with E-state index in [1.807, 2.05) is 47.6 Å². The van der Waals surface area contributed by atoms with E-state index in [0.29, 0.717) is 67.9 Å². The lowest BCUT2D eigenvalue weighted by atomic mass is 10.1. The number of ether oxygens (including phenoxy) is 2. The Bertz CT molecular complexity index is 1400. The van der Waals surface area contributed by atoms with Gasteiger partial charge in [0.15, 0.2) is 5.65 Å². The summed E-state index contributed by atoms with van der Waals surface area (Å²) in [7, 11) is 0. The molecule has 39 heavy (non-hydrogen) atoms. The number of amides is 3. The van der Waals surface area contributed by atoms with E-state index in [1.54, 1.807) is 32.8 Å². The van der Waals surface area contributed by atoms with E-state index in [4.69, 9.17) is 9.47 Å². The Morgan fingerprint density at radius 2 is 2.00 bits per heavy atom. The molecule has 2 aliphatic heterocycles. The number of piperazine rings is 1. The van der Waals surface area contributed by atoms with Crippen molar-refractivity contribution in [2.24, 2.45) is 0 Å². The maximum absolute atomic E-state index is 13.4. The van der Waals surface area contributed by atoms with Gasteiger partial charge in [0.2, 0.25) is 0 Å². The van der Waals surface area contributed by atoms with Gasteiger partial charge in [-0.2, -0.15) is 5.10 Å².